The summed E-state index contributed by atoms with van der Waals surface area (Å²) in [6.07, 6.45) is 7.62. The van der Waals surface area contributed by atoms with E-state index in [-0.39, 0.29) is 34.9 Å². The highest BCUT2D eigenvalue weighted by Crippen LogP contribution is 2.68. The number of aromatic nitrogens is 2. The van der Waals surface area contributed by atoms with Crippen LogP contribution in [0.2, 0.25) is 0 Å². The average Bonchev–Trinajstić information content (AvgIpc) is 3.40. The predicted octanol–water partition coefficient (Wildman–Crippen LogP) is 5.56. The van der Waals surface area contributed by atoms with E-state index >= 15 is 0 Å². The smallest absolute Gasteiger partial charge is 0.309 e. The minimum Gasteiger partial charge on any atom is -0.449 e. The van der Waals surface area contributed by atoms with E-state index in [1.54, 1.807) is 26.0 Å². The molecule has 3 saturated carbocycles. The number of rotatable bonds is 4. The number of esters is 1. The van der Waals surface area contributed by atoms with Gasteiger partial charge in [0.05, 0.1) is 29.6 Å². The molecular formula is C31H37FN2O4S. The van der Waals surface area contributed by atoms with Crippen LogP contribution in [0.1, 0.15) is 71.1 Å². The van der Waals surface area contributed by atoms with Crippen LogP contribution >= 0.6 is 12.6 Å². The van der Waals surface area contributed by atoms with E-state index in [0.29, 0.717) is 12.8 Å². The molecule has 1 aromatic carbocycles. The largest absolute Gasteiger partial charge is 0.449 e. The molecule has 7 atom stereocenters. The van der Waals surface area contributed by atoms with Gasteiger partial charge in [0.2, 0.25) is 5.12 Å². The number of thiol groups is 1. The summed E-state index contributed by atoms with van der Waals surface area (Å²) in [5.74, 6) is -0.673. The van der Waals surface area contributed by atoms with E-state index in [1.807, 2.05) is 17.8 Å². The highest BCUT2D eigenvalue weighted by Gasteiger charge is 2.70. The first-order valence-corrected chi connectivity index (χ1v) is 14.5. The molecule has 208 valence electrons. The number of aliphatic hydroxyl groups excluding tert-OH is 1. The summed E-state index contributed by atoms with van der Waals surface area (Å²) in [4.78, 5) is 25.8. The number of carbonyl (C=O) groups excluding carboxylic acids is 2. The molecule has 4 aliphatic carbocycles. The first kappa shape index (κ1) is 26.8. The maximum absolute atomic E-state index is 13.5. The Morgan fingerprint density at radius 3 is 2.59 bits per heavy atom. The Morgan fingerprint density at radius 1 is 1.21 bits per heavy atom. The van der Waals surface area contributed by atoms with Gasteiger partial charge in [-0.05, 0) is 97.6 Å². The third-order valence-electron chi connectivity index (χ3n) is 10.7. The second kappa shape index (κ2) is 9.03. The molecule has 0 bridgehead atoms. The molecule has 4 unspecified atom stereocenters. The number of hydrogen-bond acceptors (Lipinski definition) is 5. The van der Waals surface area contributed by atoms with Crippen LogP contribution in [0.25, 0.3) is 11.8 Å². The van der Waals surface area contributed by atoms with Crippen molar-refractivity contribution >= 4 is 29.8 Å². The molecule has 4 aliphatic rings. The lowest BCUT2D eigenvalue weighted by Crippen LogP contribution is -2.62. The van der Waals surface area contributed by atoms with E-state index in [0.717, 1.165) is 42.6 Å². The molecule has 1 aromatic heterocycles. The summed E-state index contributed by atoms with van der Waals surface area (Å²) in [5.41, 5.74) is 2.01. The zero-order valence-electron chi connectivity index (χ0n) is 23.0. The van der Waals surface area contributed by atoms with Crippen LogP contribution in [0.4, 0.5) is 4.39 Å². The molecule has 0 spiro atoms. The summed E-state index contributed by atoms with van der Waals surface area (Å²) in [6.45, 7) is 7.84. The van der Waals surface area contributed by atoms with Crippen molar-refractivity contribution in [2.45, 2.75) is 77.9 Å². The standard InChI is InChI=1S/C31H37FN2O4S/c1-17(2)27(36)38-31(28(37)39)12-11-23-22-10-5-19-13-24-18(16-33-34(24)21-8-6-20(32)7-9-21)14-29(19,3)26(22)25(35)15-30(23,31)4/h6-9,13,16-17,22-23,25-26,35H,5,10-12,14-15H2,1-4H3,(H,37,39)/t22?,23-,25-,26+,29?,30?,31?/m0/s1. The van der Waals surface area contributed by atoms with Gasteiger partial charge in [0.25, 0.3) is 0 Å². The molecule has 0 radical (unpaired) electrons. The van der Waals surface area contributed by atoms with E-state index in [9.17, 15) is 19.1 Å². The molecule has 3 fully saturated rings. The third kappa shape index (κ3) is 3.73. The van der Waals surface area contributed by atoms with Gasteiger partial charge in [0.15, 0.2) is 5.60 Å². The molecule has 0 aliphatic heterocycles. The Bertz CT molecular complexity index is 1370. The van der Waals surface area contributed by atoms with Crippen molar-refractivity contribution in [3.63, 3.8) is 0 Å². The Hall–Kier alpha value is -2.45. The fraction of sp³-hybridized carbons (Fsp3) is 0.581. The first-order chi connectivity index (χ1) is 18.4. The molecule has 1 N–H and O–H groups in total. The van der Waals surface area contributed by atoms with E-state index in [4.69, 9.17) is 4.74 Å². The van der Waals surface area contributed by atoms with Crippen molar-refractivity contribution < 1.29 is 23.8 Å². The van der Waals surface area contributed by atoms with Gasteiger partial charge in [-0.15, -0.1) is 12.6 Å². The highest BCUT2D eigenvalue weighted by molar-refractivity contribution is 7.96. The lowest BCUT2D eigenvalue weighted by molar-refractivity contribution is -0.198. The second-order valence-electron chi connectivity index (χ2n) is 13.0. The number of aliphatic hydroxyl groups is 1. The normalized spacial score (nSPS) is 36.9. The summed E-state index contributed by atoms with van der Waals surface area (Å²) in [6, 6.07) is 6.36. The maximum atomic E-state index is 13.5. The van der Waals surface area contributed by atoms with Gasteiger partial charge in [0.1, 0.15) is 5.82 Å². The van der Waals surface area contributed by atoms with Gasteiger partial charge in [-0.1, -0.05) is 33.3 Å². The Morgan fingerprint density at radius 2 is 1.92 bits per heavy atom. The minimum absolute atomic E-state index is 0.0181. The van der Waals surface area contributed by atoms with Crippen molar-refractivity contribution in [2.75, 3.05) is 0 Å². The van der Waals surface area contributed by atoms with Gasteiger partial charge in [-0.25, -0.2) is 9.07 Å². The molecule has 8 heteroatoms. The summed E-state index contributed by atoms with van der Waals surface area (Å²) < 4.78 is 21.4. The lowest BCUT2D eigenvalue weighted by Gasteiger charge is -2.60. The highest BCUT2D eigenvalue weighted by atomic mass is 32.1. The van der Waals surface area contributed by atoms with Crippen molar-refractivity contribution in [2.24, 2.45) is 34.5 Å². The molecular weight excluding hydrogens is 515 g/mol. The molecule has 1 heterocycles. The molecule has 2 aromatic rings. The molecule has 0 saturated heterocycles. The third-order valence-corrected chi connectivity index (χ3v) is 11.1. The van der Waals surface area contributed by atoms with Crippen LogP contribution in [0.3, 0.4) is 0 Å². The Kier molecular flexibility index (Phi) is 6.20. The van der Waals surface area contributed by atoms with Crippen LogP contribution in [-0.4, -0.2) is 37.7 Å². The second-order valence-corrected chi connectivity index (χ2v) is 13.4. The average molecular weight is 553 g/mol. The van der Waals surface area contributed by atoms with Gasteiger partial charge < -0.3 is 9.84 Å². The van der Waals surface area contributed by atoms with Crippen LogP contribution in [0, 0.1) is 40.3 Å². The number of nitrogens with zero attached hydrogens (tertiary/aromatic N) is 2. The van der Waals surface area contributed by atoms with E-state index < -0.39 is 28.2 Å². The number of halogens is 1. The van der Waals surface area contributed by atoms with Crippen molar-refractivity contribution in [3.8, 4) is 5.69 Å². The Labute approximate surface area is 234 Å². The summed E-state index contributed by atoms with van der Waals surface area (Å²) >= 11 is 4.26. The first-order valence-electron chi connectivity index (χ1n) is 14.1. The van der Waals surface area contributed by atoms with Crippen molar-refractivity contribution in [3.05, 3.63) is 53.1 Å². The molecule has 39 heavy (non-hydrogen) atoms. The number of hydrogen-bond donors (Lipinski definition) is 2. The van der Waals surface area contributed by atoms with Gasteiger partial charge in [0, 0.05) is 5.41 Å². The number of ether oxygens (including phenoxy) is 1. The fourth-order valence-corrected chi connectivity index (χ4v) is 9.23. The number of fused-ring (bicyclic) bond motifs is 6. The van der Waals surface area contributed by atoms with Gasteiger partial charge in [-0.3, -0.25) is 9.59 Å². The van der Waals surface area contributed by atoms with Gasteiger partial charge >= 0.3 is 5.97 Å². The molecule has 6 rings (SSSR count). The van der Waals surface area contributed by atoms with Crippen molar-refractivity contribution in [1.82, 2.24) is 9.78 Å². The Balaban J connectivity index is 1.35. The van der Waals surface area contributed by atoms with Crippen molar-refractivity contribution in [1.29, 1.82) is 0 Å². The van der Waals surface area contributed by atoms with E-state index in [2.05, 4.69) is 30.7 Å². The molecule has 0 amide bonds. The number of allylic oxidation sites excluding steroid dienone is 1. The summed E-state index contributed by atoms with van der Waals surface area (Å²) in [7, 11) is 0. The zero-order valence-corrected chi connectivity index (χ0v) is 23.9. The minimum atomic E-state index is -1.32. The maximum Gasteiger partial charge on any atom is 0.309 e. The van der Waals surface area contributed by atoms with Crippen LogP contribution < -0.4 is 0 Å². The summed E-state index contributed by atoms with van der Waals surface area (Å²) in [5, 5.41) is 16.1. The SMILES string of the molecule is CC(C)C(=O)OC1(C(=O)S)CC[C@H]2C3CCC4=Cc5c(cnn5-c5ccc(F)cc5)CC4(C)[C@H]3[C@@H](O)CC21C. The monoisotopic (exact) mass is 552 g/mol. The van der Waals surface area contributed by atoms with Crippen LogP contribution in [-0.2, 0) is 20.7 Å². The van der Waals surface area contributed by atoms with E-state index in [1.165, 1.54) is 17.7 Å². The quantitative estimate of drug-likeness (QED) is 0.384. The topological polar surface area (TPSA) is 81.4 Å². The van der Waals surface area contributed by atoms with Crippen LogP contribution in [0.5, 0.6) is 0 Å². The predicted molar refractivity (Wildman–Crippen MR) is 149 cm³/mol. The lowest BCUT2D eigenvalue weighted by atomic mass is 9.45. The fourth-order valence-electron chi connectivity index (χ4n) is 8.81. The van der Waals surface area contributed by atoms with Gasteiger partial charge in [-0.2, -0.15) is 5.10 Å². The number of benzene rings is 1. The molecule has 6 nitrogen and oxygen atoms in total. The zero-order chi connectivity index (χ0) is 27.9. The van der Waals surface area contributed by atoms with Crippen LogP contribution in [0.15, 0.2) is 36.0 Å². The number of carbonyl (C=O) groups is 2.